The quantitative estimate of drug-likeness (QED) is 0.787. The van der Waals surface area contributed by atoms with Crippen LogP contribution in [-0.2, 0) is 16.1 Å². The number of carbonyl (C=O) groups excluding carboxylic acids is 1. The van der Waals surface area contributed by atoms with Gasteiger partial charge in [-0.25, -0.2) is 0 Å². The summed E-state index contributed by atoms with van der Waals surface area (Å²) in [5, 5.41) is 9.71. The van der Waals surface area contributed by atoms with Gasteiger partial charge in [-0.1, -0.05) is 0 Å². The van der Waals surface area contributed by atoms with E-state index < -0.39 is 12.1 Å². The SMILES string of the molecule is CCOC(=O)CC(O)Cn1cc(Br)cc(Br)c1=O. The second kappa shape index (κ2) is 7.06. The molecule has 0 saturated carbocycles. The Labute approximate surface area is 121 Å². The Hall–Kier alpha value is -0.660. The van der Waals surface area contributed by atoms with E-state index in [1.807, 2.05) is 0 Å². The molecule has 100 valence electrons. The van der Waals surface area contributed by atoms with E-state index in [4.69, 9.17) is 4.74 Å². The number of halogens is 2. The minimum Gasteiger partial charge on any atom is -0.466 e. The van der Waals surface area contributed by atoms with E-state index in [-0.39, 0.29) is 25.1 Å². The molecule has 0 radical (unpaired) electrons. The molecule has 1 heterocycles. The van der Waals surface area contributed by atoms with Crippen molar-refractivity contribution in [2.75, 3.05) is 6.61 Å². The van der Waals surface area contributed by atoms with Crippen molar-refractivity contribution < 1.29 is 14.6 Å². The number of aliphatic hydroxyl groups is 1. The van der Waals surface area contributed by atoms with E-state index in [9.17, 15) is 14.7 Å². The average Bonchev–Trinajstić information content (AvgIpc) is 2.25. The maximum atomic E-state index is 11.7. The molecule has 1 rings (SSSR count). The van der Waals surface area contributed by atoms with Crippen LogP contribution in [0.15, 0.2) is 26.0 Å². The van der Waals surface area contributed by atoms with Crippen molar-refractivity contribution in [3.05, 3.63) is 31.6 Å². The average molecular weight is 383 g/mol. The fourth-order valence-electron chi connectivity index (χ4n) is 1.40. The number of rotatable bonds is 5. The number of aliphatic hydroxyl groups excluding tert-OH is 1. The maximum Gasteiger partial charge on any atom is 0.308 e. The fraction of sp³-hybridized carbons (Fsp3) is 0.455. The highest BCUT2D eigenvalue weighted by atomic mass is 79.9. The zero-order chi connectivity index (χ0) is 13.7. The first-order valence-corrected chi connectivity index (χ1v) is 6.91. The number of nitrogens with zero attached hydrogens (tertiary/aromatic N) is 1. The predicted molar refractivity (Wildman–Crippen MR) is 73.4 cm³/mol. The van der Waals surface area contributed by atoms with Crippen LogP contribution in [-0.4, -0.2) is 28.4 Å². The summed E-state index contributed by atoms with van der Waals surface area (Å²) in [6.07, 6.45) is 0.467. The van der Waals surface area contributed by atoms with Crippen LogP contribution in [0.4, 0.5) is 0 Å². The third-order valence-corrected chi connectivity index (χ3v) is 3.13. The van der Waals surface area contributed by atoms with Gasteiger partial charge in [0.1, 0.15) is 0 Å². The first-order chi connectivity index (χ1) is 8.43. The Morgan fingerprint density at radius 2 is 2.22 bits per heavy atom. The fourth-order valence-corrected chi connectivity index (χ4v) is 2.66. The van der Waals surface area contributed by atoms with Gasteiger partial charge in [0.05, 0.1) is 30.1 Å². The third kappa shape index (κ3) is 4.55. The smallest absolute Gasteiger partial charge is 0.308 e. The van der Waals surface area contributed by atoms with Crippen LogP contribution in [0.2, 0.25) is 0 Å². The summed E-state index contributed by atoms with van der Waals surface area (Å²) in [4.78, 5) is 22.9. The van der Waals surface area contributed by atoms with Crippen molar-refractivity contribution in [1.29, 1.82) is 0 Å². The Kier molecular flexibility index (Phi) is 6.04. The van der Waals surface area contributed by atoms with Crippen LogP contribution in [0.25, 0.3) is 0 Å². The van der Waals surface area contributed by atoms with Crippen molar-refractivity contribution in [2.24, 2.45) is 0 Å². The van der Waals surface area contributed by atoms with E-state index in [1.165, 1.54) is 4.57 Å². The predicted octanol–water partition coefficient (Wildman–Crippen LogP) is 1.69. The van der Waals surface area contributed by atoms with Crippen LogP contribution in [0, 0.1) is 0 Å². The Morgan fingerprint density at radius 3 is 2.83 bits per heavy atom. The summed E-state index contributed by atoms with van der Waals surface area (Å²) >= 11 is 6.38. The van der Waals surface area contributed by atoms with Crippen LogP contribution in [0.3, 0.4) is 0 Å². The summed E-state index contributed by atoms with van der Waals surface area (Å²) in [5.74, 6) is -0.480. The van der Waals surface area contributed by atoms with Gasteiger partial charge in [0, 0.05) is 10.7 Å². The summed E-state index contributed by atoms with van der Waals surface area (Å²) < 4.78 is 7.15. The zero-order valence-electron chi connectivity index (χ0n) is 9.73. The minimum atomic E-state index is -0.956. The number of esters is 1. The first-order valence-electron chi connectivity index (χ1n) is 5.33. The molecule has 18 heavy (non-hydrogen) atoms. The summed E-state index contributed by atoms with van der Waals surface area (Å²) in [6, 6.07) is 1.62. The van der Waals surface area contributed by atoms with Gasteiger partial charge in [-0.05, 0) is 44.8 Å². The lowest BCUT2D eigenvalue weighted by atomic mass is 10.2. The Balaban J connectivity index is 2.73. The molecular weight excluding hydrogens is 370 g/mol. The van der Waals surface area contributed by atoms with E-state index in [0.717, 1.165) is 0 Å². The molecule has 0 spiro atoms. The topological polar surface area (TPSA) is 68.5 Å². The van der Waals surface area contributed by atoms with E-state index in [1.54, 1.807) is 19.2 Å². The highest BCUT2D eigenvalue weighted by Crippen LogP contribution is 2.13. The standard InChI is InChI=1S/C11H13Br2NO4/c1-2-18-10(16)4-8(15)6-14-5-7(12)3-9(13)11(14)17/h3,5,8,15H,2,4,6H2,1H3. The van der Waals surface area contributed by atoms with Gasteiger partial charge in [-0.3, -0.25) is 9.59 Å². The second-order valence-electron chi connectivity index (χ2n) is 3.63. The molecule has 0 aliphatic heterocycles. The lowest BCUT2D eigenvalue weighted by molar-refractivity contribution is -0.145. The zero-order valence-corrected chi connectivity index (χ0v) is 12.9. The van der Waals surface area contributed by atoms with Crippen LogP contribution >= 0.6 is 31.9 Å². The maximum absolute atomic E-state index is 11.7. The lowest BCUT2D eigenvalue weighted by Crippen LogP contribution is -2.28. The largest absolute Gasteiger partial charge is 0.466 e. The number of pyridine rings is 1. The highest BCUT2D eigenvalue weighted by Gasteiger charge is 2.14. The number of hydrogen-bond donors (Lipinski definition) is 1. The van der Waals surface area contributed by atoms with Crippen molar-refractivity contribution >= 4 is 37.8 Å². The van der Waals surface area contributed by atoms with Gasteiger partial charge in [0.2, 0.25) is 0 Å². The number of hydrogen-bond acceptors (Lipinski definition) is 4. The molecule has 0 fully saturated rings. The highest BCUT2D eigenvalue weighted by molar-refractivity contribution is 9.11. The molecule has 0 bridgehead atoms. The molecule has 1 aromatic rings. The summed E-state index contributed by atoms with van der Waals surface area (Å²) in [7, 11) is 0. The molecule has 7 heteroatoms. The molecule has 1 N–H and O–H groups in total. The molecular formula is C11H13Br2NO4. The van der Waals surface area contributed by atoms with Crippen molar-refractivity contribution in [3.63, 3.8) is 0 Å². The summed E-state index contributed by atoms with van der Waals surface area (Å²) in [5.41, 5.74) is -0.263. The van der Waals surface area contributed by atoms with Gasteiger partial charge in [-0.2, -0.15) is 0 Å². The lowest BCUT2D eigenvalue weighted by Gasteiger charge is -2.12. The van der Waals surface area contributed by atoms with Gasteiger partial charge in [0.15, 0.2) is 0 Å². The minimum absolute atomic E-state index is 0.0374. The van der Waals surface area contributed by atoms with Crippen LogP contribution < -0.4 is 5.56 Å². The first kappa shape index (κ1) is 15.4. The van der Waals surface area contributed by atoms with Crippen molar-refractivity contribution in [2.45, 2.75) is 26.0 Å². The van der Waals surface area contributed by atoms with Crippen LogP contribution in [0.1, 0.15) is 13.3 Å². The number of aromatic nitrogens is 1. The van der Waals surface area contributed by atoms with Crippen molar-refractivity contribution in [3.8, 4) is 0 Å². The molecule has 1 atom stereocenters. The molecule has 0 aliphatic rings. The molecule has 0 aliphatic carbocycles. The third-order valence-electron chi connectivity index (χ3n) is 2.12. The Morgan fingerprint density at radius 1 is 1.56 bits per heavy atom. The molecule has 0 aromatic carbocycles. The normalized spacial score (nSPS) is 12.2. The van der Waals surface area contributed by atoms with Gasteiger partial charge >= 0.3 is 5.97 Å². The van der Waals surface area contributed by atoms with Crippen molar-refractivity contribution in [1.82, 2.24) is 4.57 Å². The van der Waals surface area contributed by atoms with Gasteiger partial charge < -0.3 is 14.4 Å². The van der Waals surface area contributed by atoms with Gasteiger partial charge in [-0.15, -0.1) is 0 Å². The second-order valence-corrected chi connectivity index (χ2v) is 5.40. The molecule has 5 nitrogen and oxygen atoms in total. The van der Waals surface area contributed by atoms with E-state index >= 15 is 0 Å². The molecule has 1 aromatic heterocycles. The molecule has 1 unspecified atom stereocenters. The number of carbonyl (C=O) groups is 1. The monoisotopic (exact) mass is 381 g/mol. The molecule has 0 amide bonds. The van der Waals surface area contributed by atoms with E-state index in [2.05, 4.69) is 31.9 Å². The molecule has 0 saturated heterocycles. The summed E-state index contributed by atoms with van der Waals surface area (Å²) in [6.45, 7) is 2.00. The van der Waals surface area contributed by atoms with E-state index in [0.29, 0.717) is 8.95 Å². The Bertz CT molecular complexity index is 486. The number of ether oxygens (including phenoxy) is 1. The van der Waals surface area contributed by atoms with Gasteiger partial charge in [0.25, 0.3) is 5.56 Å². The van der Waals surface area contributed by atoms with Crippen LogP contribution in [0.5, 0.6) is 0 Å².